The predicted molar refractivity (Wildman–Crippen MR) is 91.8 cm³/mol. The number of carbonyl (C=O) groups is 2. The maximum absolute atomic E-state index is 12.0. The van der Waals surface area contributed by atoms with E-state index in [2.05, 4.69) is 26.2 Å². The summed E-state index contributed by atoms with van der Waals surface area (Å²) >= 11 is 3.33. The van der Waals surface area contributed by atoms with Gasteiger partial charge in [-0.15, -0.1) is 0 Å². The fraction of sp³-hybridized carbons (Fsp3) is 0.235. The summed E-state index contributed by atoms with van der Waals surface area (Å²) in [6, 6.07) is 12.7. The van der Waals surface area contributed by atoms with Crippen molar-refractivity contribution >= 4 is 27.7 Å². The largest absolute Gasteiger partial charge is 0.350 e. The van der Waals surface area contributed by atoms with E-state index in [4.69, 9.17) is 0 Å². The second kappa shape index (κ2) is 8.43. The number of hydrogen-bond donors (Lipinski definition) is 1. The molecule has 1 heterocycles. The molecular weight excluding hydrogens is 358 g/mol. The molecule has 2 aromatic rings. The minimum absolute atomic E-state index is 0.0476. The summed E-state index contributed by atoms with van der Waals surface area (Å²) in [5.41, 5.74) is 1.41. The third-order valence-corrected chi connectivity index (χ3v) is 3.83. The van der Waals surface area contributed by atoms with Crippen molar-refractivity contribution < 1.29 is 9.59 Å². The Bertz CT molecular complexity index is 659. The smallest absolute Gasteiger partial charge is 0.251 e. The van der Waals surface area contributed by atoms with Crippen LogP contribution < -0.4 is 5.32 Å². The first-order valence-electron chi connectivity index (χ1n) is 7.25. The van der Waals surface area contributed by atoms with Crippen LogP contribution in [0.25, 0.3) is 0 Å². The molecule has 0 atom stereocenters. The molecule has 1 aromatic carbocycles. The molecule has 0 spiro atoms. The summed E-state index contributed by atoms with van der Waals surface area (Å²) in [6.07, 6.45) is 1.70. The second-order valence-electron chi connectivity index (χ2n) is 5.02. The second-order valence-corrected chi connectivity index (χ2v) is 5.94. The average molecular weight is 376 g/mol. The lowest BCUT2D eigenvalue weighted by molar-refractivity contribution is -0.129. The number of rotatable bonds is 6. The molecule has 0 fully saturated rings. The highest BCUT2D eigenvalue weighted by Gasteiger charge is 2.11. The van der Waals surface area contributed by atoms with E-state index in [1.807, 2.05) is 30.3 Å². The van der Waals surface area contributed by atoms with Gasteiger partial charge >= 0.3 is 0 Å². The van der Waals surface area contributed by atoms with Crippen LogP contribution in [0.2, 0.25) is 0 Å². The third kappa shape index (κ3) is 5.49. The summed E-state index contributed by atoms with van der Waals surface area (Å²) in [4.78, 5) is 29.6. The fourth-order valence-corrected chi connectivity index (χ4v) is 2.31. The van der Waals surface area contributed by atoms with Gasteiger partial charge in [0.2, 0.25) is 5.91 Å². The van der Waals surface area contributed by atoms with E-state index < -0.39 is 0 Å². The molecule has 2 rings (SSSR count). The zero-order chi connectivity index (χ0) is 16.7. The molecule has 0 aliphatic rings. The topological polar surface area (TPSA) is 62.3 Å². The van der Waals surface area contributed by atoms with Crippen LogP contribution in [0.4, 0.5) is 0 Å². The number of amides is 2. The van der Waals surface area contributed by atoms with E-state index in [0.29, 0.717) is 25.2 Å². The zero-order valence-electron chi connectivity index (χ0n) is 12.8. The number of halogens is 1. The van der Waals surface area contributed by atoms with Crippen molar-refractivity contribution in [3.05, 3.63) is 64.4 Å². The van der Waals surface area contributed by atoms with Gasteiger partial charge in [-0.05, 0) is 36.4 Å². The molecule has 0 radical (unpaired) electrons. The molecule has 0 unspecified atom stereocenters. The predicted octanol–water partition coefficient (Wildman–Crippen LogP) is 2.62. The highest BCUT2D eigenvalue weighted by Crippen LogP contribution is 2.10. The Balaban J connectivity index is 1.85. The number of nitrogens with one attached hydrogen (secondary N) is 1. The van der Waals surface area contributed by atoms with Crippen molar-refractivity contribution in [2.24, 2.45) is 0 Å². The Morgan fingerprint density at radius 3 is 2.52 bits per heavy atom. The normalized spacial score (nSPS) is 10.2. The van der Waals surface area contributed by atoms with Crippen molar-refractivity contribution in [3.63, 3.8) is 0 Å². The van der Waals surface area contributed by atoms with Crippen molar-refractivity contribution in [3.8, 4) is 0 Å². The molecule has 0 bridgehead atoms. The highest BCUT2D eigenvalue weighted by molar-refractivity contribution is 9.10. The first kappa shape index (κ1) is 17.1. The molecule has 0 aliphatic carbocycles. The Kier molecular flexibility index (Phi) is 6.29. The molecule has 0 aliphatic heterocycles. The number of hydrogen-bond acceptors (Lipinski definition) is 3. The Morgan fingerprint density at radius 1 is 1.17 bits per heavy atom. The SMILES string of the molecule is CC(=O)N(CCNC(=O)c1ccc(Br)cc1)Cc1ccccn1. The fourth-order valence-electron chi connectivity index (χ4n) is 2.04. The van der Waals surface area contributed by atoms with Gasteiger partial charge in [0, 0.05) is 36.2 Å². The van der Waals surface area contributed by atoms with Gasteiger partial charge in [0.25, 0.3) is 5.91 Å². The van der Waals surface area contributed by atoms with E-state index in [-0.39, 0.29) is 11.8 Å². The molecule has 0 saturated carbocycles. The third-order valence-electron chi connectivity index (χ3n) is 3.30. The van der Waals surface area contributed by atoms with E-state index in [9.17, 15) is 9.59 Å². The summed E-state index contributed by atoms with van der Waals surface area (Å²) in [5, 5.41) is 2.82. The minimum atomic E-state index is -0.154. The van der Waals surface area contributed by atoms with Crippen molar-refractivity contribution in [2.45, 2.75) is 13.5 Å². The van der Waals surface area contributed by atoms with Gasteiger partial charge in [0.05, 0.1) is 12.2 Å². The van der Waals surface area contributed by atoms with Crippen LogP contribution in [0.3, 0.4) is 0 Å². The zero-order valence-corrected chi connectivity index (χ0v) is 14.4. The van der Waals surface area contributed by atoms with Crippen LogP contribution in [0.1, 0.15) is 23.0 Å². The minimum Gasteiger partial charge on any atom is -0.350 e. The van der Waals surface area contributed by atoms with Gasteiger partial charge in [-0.25, -0.2) is 0 Å². The summed E-state index contributed by atoms with van der Waals surface area (Å²) in [7, 11) is 0. The number of nitrogens with zero attached hydrogens (tertiary/aromatic N) is 2. The first-order chi connectivity index (χ1) is 11.1. The molecule has 1 N–H and O–H groups in total. The average Bonchev–Trinajstić information content (AvgIpc) is 2.55. The van der Waals surface area contributed by atoms with Crippen LogP contribution in [0.5, 0.6) is 0 Å². The molecule has 120 valence electrons. The number of carbonyl (C=O) groups excluding carboxylic acids is 2. The van der Waals surface area contributed by atoms with E-state index >= 15 is 0 Å². The van der Waals surface area contributed by atoms with E-state index in [0.717, 1.165) is 10.2 Å². The molecule has 6 heteroatoms. The van der Waals surface area contributed by atoms with Gasteiger partial charge < -0.3 is 10.2 Å². The van der Waals surface area contributed by atoms with Crippen LogP contribution in [-0.2, 0) is 11.3 Å². The monoisotopic (exact) mass is 375 g/mol. The van der Waals surface area contributed by atoms with Crippen molar-refractivity contribution in [1.82, 2.24) is 15.2 Å². The van der Waals surface area contributed by atoms with Gasteiger partial charge in [0.15, 0.2) is 0 Å². The van der Waals surface area contributed by atoms with Gasteiger partial charge in [-0.2, -0.15) is 0 Å². The van der Waals surface area contributed by atoms with Gasteiger partial charge in [-0.3, -0.25) is 14.6 Å². The lowest BCUT2D eigenvalue weighted by Gasteiger charge is -2.20. The number of pyridine rings is 1. The van der Waals surface area contributed by atoms with Gasteiger partial charge in [0.1, 0.15) is 0 Å². The molecule has 23 heavy (non-hydrogen) atoms. The lowest BCUT2D eigenvalue weighted by Crippen LogP contribution is -2.37. The quantitative estimate of drug-likeness (QED) is 0.843. The molecule has 5 nitrogen and oxygen atoms in total. The first-order valence-corrected chi connectivity index (χ1v) is 8.05. The summed E-state index contributed by atoms with van der Waals surface area (Å²) in [5.74, 6) is -0.201. The van der Waals surface area contributed by atoms with Crippen LogP contribution in [0.15, 0.2) is 53.1 Å². The van der Waals surface area contributed by atoms with Crippen LogP contribution in [0, 0.1) is 0 Å². The van der Waals surface area contributed by atoms with Gasteiger partial charge in [-0.1, -0.05) is 22.0 Å². The maximum Gasteiger partial charge on any atom is 0.251 e. The summed E-state index contributed by atoms with van der Waals surface area (Å²) < 4.78 is 0.923. The molecular formula is C17H18BrN3O2. The Morgan fingerprint density at radius 2 is 1.91 bits per heavy atom. The van der Waals surface area contributed by atoms with Crippen LogP contribution >= 0.6 is 15.9 Å². The van der Waals surface area contributed by atoms with Crippen molar-refractivity contribution in [2.75, 3.05) is 13.1 Å². The highest BCUT2D eigenvalue weighted by atomic mass is 79.9. The van der Waals surface area contributed by atoms with E-state index in [1.165, 1.54) is 6.92 Å². The number of benzene rings is 1. The summed E-state index contributed by atoms with van der Waals surface area (Å²) in [6.45, 7) is 2.78. The number of aromatic nitrogens is 1. The standard InChI is InChI=1S/C17H18BrN3O2/c1-13(22)21(12-16-4-2-3-9-19-16)11-10-20-17(23)14-5-7-15(18)8-6-14/h2-9H,10-12H2,1H3,(H,20,23). The van der Waals surface area contributed by atoms with Crippen molar-refractivity contribution in [1.29, 1.82) is 0 Å². The Labute approximate surface area is 143 Å². The maximum atomic E-state index is 12.0. The molecule has 1 aromatic heterocycles. The molecule has 0 saturated heterocycles. The Hall–Kier alpha value is -2.21. The lowest BCUT2D eigenvalue weighted by atomic mass is 10.2. The molecule has 2 amide bonds. The van der Waals surface area contributed by atoms with E-state index in [1.54, 1.807) is 23.2 Å². The van der Waals surface area contributed by atoms with Crippen LogP contribution in [-0.4, -0.2) is 34.8 Å².